The van der Waals surface area contributed by atoms with Gasteiger partial charge in [-0.25, -0.2) is 9.82 Å². The molecule has 0 bridgehead atoms. The van der Waals surface area contributed by atoms with Crippen molar-refractivity contribution in [2.24, 2.45) is 5.10 Å². The molecule has 1 heterocycles. The Morgan fingerprint density at radius 1 is 0.938 bits per heavy atom. The molecule has 0 fully saturated rings. The third kappa shape index (κ3) is 4.59. The molecule has 0 aliphatic carbocycles. The summed E-state index contributed by atoms with van der Waals surface area (Å²) in [6.45, 7) is 0. The molecule has 8 heteroatoms. The van der Waals surface area contributed by atoms with Crippen molar-refractivity contribution in [2.45, 2.75) is 0 Å². The van der Waals surface area contributed by atoms with E-state index in [9.17, 15) is 18.8 Å². The second-order valence-corrected chi connectivity index (χ2v) is 6.83. The minimum Gasteiger partial charge on any atom is -0.320 e. The van der Waals surface area contributed by atoms with Crippen molar-refractivity contribution in [1.82, 2.24) is 10.7 Å². The molecule has 0 aromatic heterocycles. The second-order valence-electron chi connectivity index (χ2n) is 6.83. The summed E-state index contributed by atoms with van der Waals surface area (Å²) in [6.07, 6.45) is 1.48. The van der Waals surface area contributed by atoms with Crippen molar-refractivity contribution in [3.05, 3.63) is 107 Å². The van der Waals surface area contributed by atoms with E-state index in [0.29, 0.717) is 16.8 Å². The molecule has 0 saturated heterocycles. The quantitative estimate of drug-likeness (QED) is 0.430. The minimum atomic E-state index is -0.747. The van der Waals surface area contributed by atoms with Crippen molar-refractivity contribution in [1.29, 1.82) is 0 Å². The summed E-state index contributed by atoms with van der Waals surface area (Å²) in [6, 6.07) is 21.1. The van der Waals surface area contributed by atoms with Gasteiger partial charge >= 0.3 is 0 Å². The van der Waals surface area contributed by atoms with Crippen molar-refractivity contribution >= 4 is 35.2 Å². The number of benzene rings is 3. The molecule has 0 saturated carbocycles. The lowest BCUT2D eigenvalue weighted by Crippen LogP contribution is -2.33. The first-order chi connectivity index (χ1) is 15.5. The van der Waals surface area contributed by atoms with Gasteiger partial charge in [-0.1, -0.05) is 48.5 Å². The Balaban J connectivity index is 1.60. The van der Waals surface area contributed by atoms with Gasteiger partial charge in [-0.15, -0.1) is 0 Å². The van der Waals surface area contributed by atoms with E-state index in [4.69, 9.17) is 0 Å². The first-order valence-electron chi connectivity index (χ1n) is 9.64. The van der Waals surface area contributed by atoms with E-state index in [2.05, 4.69) is 21.2 Å². The number of nitrogens with one attached hydrogen (secondary N) is 3. The Morgan fingerprint density at radius 3 is 2.34 bits per heavy atom. The highest BCUT2D eigenvalue weighted by Gasteiger charge is 2.27. The number of hydrogen-bond acceptors (Lipinski definition) is 4. The van der Waals surface area contributed by atoms with Crippen LogP contribution in [-0.4, -0.2) is 23.4 Å². The van der Waals surface area contributed by atoms with Crippen LogP contribution in [0.15, 0.2) is 89.7 Å². The molecular formula is C24H17FN4O3. The predicted octanol–water partition coefficient (Wildman–Crippen LogP) is 3.07. The molecule has 158 valence electrons. The van der Waals surface area contributed by atoms with E-state index in [1.807, 2.05) is 6.07 Å². The Hall–Kier alpha value is -4.59. The maximum Gasteiger partial charge on any atom is 0.287 e. The standard InChI is InChI=1S/C24H17FN4O3/c25-17-11-12-19-18(14-17)21(24(32)26-19)28-29-23(31)20(13-15-7-3-1-4-8-15)27-22(30)16-9-5-2-6-10-16/h1-14H,(H,27,30)(H,29,31)(H,26,28,32)/b20-13-. The summed E-state index contributed by atoms with van der Waals surface area (Å²) in [7, 11) is 0. The van der Waals surface area contributed by atoms with Crippen LogP contribution in [0.5, 0.6) is 0 Å². The fourth-order valence-electron chi connectivity index (χ4n) is 3.06. The van der Waals surface area contributed by atoms with Crippen molar-refractivity contribution < 1.29 is 18.8 Å². The van der Waals surface area contributed by atoms with Gasteiger partial charge in [0.1, 0.15) is 11.5 Å². The van der Waals surface area contributed by atoms with Gasteiger partial charge in [0.2, 0.25) is 0 Å². The first-order valence-corrected chi connectivity index (χ1v) is 9.64. The van der Waals surface area contributed by atoms with E-state index in [1.54, 1.807) is 54.6 Å². The number of anilines is 1. The molecule has 0 spiro atoms. The molecule has 0 radical (unpaired) electrons. The molecule has 1 aliphatic rings. The zero-order valence-corrected chi connectivity index (χ0v) is 16.6. The summed E-state index contributed by atoms with van der Waals surface area (Å²) >= 11 is 0. The number of rotatable bonds is 5. The molecule has 3 N–H and O–H groups in total. The zero-order valence-electron chi connectivity index (χ0n) is 16.6. The van der Waals surface area contributed by atoms with Gasteiger partial charge in [0.25, 0.3) is 17.7 Å². The fourth-order valence-corrected chi connectivity index (χ4v) is 3.06. The largest absolute Gasteiger partial charge is 0.320 e. The average molecular weight is 428 g/mol. The van der Waals surface area contributed by atoms with E-state index >= 15 is 0 Å². The Bertz CT molecular complexity index is 1250. The predicted molar refractivity (Wildman–Crippen MR) is 118 cm³/mol. The smallest absolute Gasteiger partial charge is 0.287 e. The van der Waals surface area contributed by atoms with Crippen LogP contribution in [0.25, 0.3) is 6.08 Å². The molecule has 3 aromatic rings. The van der Waals surface area contributed by atoms with Crippen LogP contribution < -0.4 is 16.1 Å². The number of fused-ring (bicyclic) bond motifs is 1. The summed E-state index contributed by atoms with van der Waals surface area (Å²) < 4.78 is 13.6. The first kappa shape index (κ1) is 20.7. The van der Waals surface area contributed by atoms with Gasteiger partial charge in [0, 0.05) is 11.1 Å². The molecule has 3 amide bonds. The van der Waals surface area contributed by atoms with Crippen molar-refractivity contribution in [2.75, 3.05) is 5.32 Å². The number of carbonyl (C=O) groups excluding carboxylic acids is 3. The van der Waals surface area contributed by atoms with Gasteiger partial charge in [-0.2, -0.15) is 5.10 Å². The van der Waals surface area contributed by atoms with E-state index in [-0.39, 0.29) is 17.0 Å². The Labute approximate surface area is 182 Å². The van der Waals surface area contributed by atoms with E-state index in [1.165, 1.54) is 18.2 Å². The van der Waals surface area contributed by atoms with Crippen LogP contribution in [0.4, 0.5) is 10.1 Å². The number of hydrazone groups is 1. The summed E-state index contributed by atoms with van der Waals surface area (Å²) in [5.41, 5.74) is 3.72. The number of carbonyl (C=O) groups is 3. The molecule has 4 rings (SSSR count). The third-order valence-corrected chi connectivity index (χ3v) is 4.61. The molecule has 3 aromatic carbocycles. The topological polar surface area (TPSA) is 99.7 Å². The lowest BCUT2D eigenvalue weighted by Gasteiger charge is -2.09. The fraction of sp³-hybridized carbons (Fsp3) is 0. The van der Waals surface area contributed by atoms with Crippen LogP contribution in [0.3, 0.4) is 0 Å². The minimum absolute atomic E-state index is 0.0766. The summed E-state index contributed by atoms with van der Waals surface area (Å²) in [4.78, 5) is 37.6. The molecular weight excluding hydrogens is 411 g/mol. The highest BCUT2D eigenvalue weighted by Crippen LogP contribution is 2.24. The number of halogens is 1. The number of hydrogen-bond donors (Lipinski definition) is 3. The maximum absolute atomic E-state index is 13.6. The van der Waals surface area contributed by atoms with Gasteiger partial charge in [-0.3, -0.25) is 14.4 Å². The monoisotopic (exact) mass is 428 g/mol. The summed E-state index contributed by atoms with van der Waals surface area (Å²) in [5, 5.41) is 9.00. The van der Waals surface area contributed by atoms with Crippen LogP contribution in [0, 0.1) is 5.82 Å². The van der Waals surface area contributed by atoms with E-state index < -0.39 is 23.5 Å². The third-order valence-electron chi connectivity index (χ3n) is 4.61. The second kappa shape index (κ2) is 9.05. The lowest BCUT2D eigenvalue weighted by molar-refractivity contribution is -0.117. The van der Waals surface area contributed by atoms with E-state index in [0.717, 1.165) is 6.07 Å². The number of amides is 3. The van der Waals surface area contributed by atoms with Crippen molar-refractivity contribution in [3.63, 3.8) is 0 Å². The maximum atomic E-state index is 13.6. The Kier molecular flexibility index (Phi) is 5.85. The molecule has 0 unspecified atom stereocenters. The van der Waals surface area contributed by atoms with Gasteiger partial charge in [0.05, 0.1) is 5.69 Å². The van der Waals surface area contributed by atoms with Gasteiger partial charge < -0.3 is 10.6 Å². The molecule has 0 atom stereocenters. The zero-order chi connectivity index (χ0) is 22.5. The van der Waals surface area contributed by atoms with Crippen molar-refractivity contribution in [3.8, 4) is 0 Å². The highest BCUT2D eigenvalue weighted by atomic mass is 19.1. The number of nitrogens with zero attached hydrogens (tertiary/aromatic N) is 1. The van der Waals surface area contributed by atoms with Gasteiger partial charge in [0.15, 0.2) is 5.71 Å². The normalized spacial score (nSPS) is 14.0. The van der Waals surface area contributed by atoms with Crippen LogP contribution in [0.2, 0.25) is 0 Å². The van der Waals surface area contributed by atoms with Gasteiger partial charge in [-0.05, 0) is 42.0 Å². The molecule has 7 nitrogen and oxygen atoms in total. The van der Waals surface area contributed by atoms with Crippen LogP contribution in [0.1, 0.15) is 21.5 Å². The SMILES string of the molecule is O=C(N/N=C1/C(=O)Nc2ccc(F)cc21)/C(=C/c1ccccc1)NC(=O)c1ccccc1. The lowest BCUT2D eigenvalue weighted by atomic mass is 10.1. The molecule has 32 heavy (non-hydrogen) atoms. The Morgan fingerprint density at radius 2 is 1.62 bits per heavy atom. The van der Waals surface area contributed by atoms with Crippen LogP contribution in [-0.2, 0) is 9.59 Å². The highest BCUT2D eigenvalue weighted by molar-refractivity contribution is 6.53. The summed E-state index contributed by atoms with van der Waals surface area (Å²) in [5.74, 6) is -2.35. The molecule has 1 aliphatic heterocycles. The average Bonchev–Trinajstić information content (AvgIpc) is 3.12. The van der Waals surface area contributed by atoms with Crippen LogP contribution >= 0.6 is 0 Å².